The summed E-state index contributed by atoms with van der Waals surface area (Å²) < 4.78 is 44.0. The third kappa shape index (κ3) is 4.47. The van der Waals surface area contributed by atoms with E-state index < -0.39 is 17.8 Å². The molecule has 1 aromatic heterocycles. The number of fused-ring (bicyclic) bond motifs is 1. The van der Waals surface area contributed by atoms with Crippen LogP contribution >= 0.6 is 0 Å². The number of amides is 1. The Kier molecular flexibility index (Phi) is 5.28. The molecule has 0 fully saturated rings. The molecule has 1 atom stereocenters. The molecule has 31 heavy (non-hydrogen) atoms. The van der Waals surface area contributed by atoms with Gasteiger partial charge in [-0.15, -0.1) is 10.2 Å². The van der Waals surface area contributed by atoms with E-state index in [1.807, 2.05) is 6.07 Å². The van der Waals surface area contributed by atoms with E-state index in [1.54, 1.807) is 37.3 Å². The normalized spacial score (nSPS) is 12.5. The van der Waals surface area contributed by atoms with E-state index in [9.17, 15) is 18.0 Å². The molecule has 0 spiro atoms. The number of aromatic nitrogens is 4. The highest BCUT2D eigenvalue weighted by Crippen LogP contribution is 2.33. The predicted octanol–water partition coefficient (Wildman–Crippen LogP) is 4.66. The fourth-order valence-electron chi connectivity index (χ4n) is 3.02. The molecular weight excluding hydrogens is 411 g/mol. The van der Waals surface area contributed by atoms with Gasteiger partial charge in [0.05, 0.1) is 11.6 Å². The lowest BCUT2D eigenvalue weighted by Gasteiger charge is -2.13. The zero-order chi connectivity index (χ0) is 22.0. The second-order valence-electron chi connectivity index (χ2n) is 6.78. The second-order valence-corrected chi connectivity index (χ2v) is 6.78. The number of aromatic amines is 1. The molecule has 0 saturated carbocycles. The van der Waals surface area contributed by atoms with Crippen LogP contribution in [0, 0.1) is 0 Å². The summed E-state index contributed by atoms with van der Waals surface area (Å²) in [5.41, 5.74) is -0.321. The van der Waals surface area contributed by atoms with Gasteiger partial charge in [-0.2, -0.15) is 18.4 Å². The zero-order valence-electron chi connectivity index (χ0n) is 16.1. The van der Waals surface area contributed by atoms with E-state index in [-0.39, 0.29) is 11.7 Å². The van der Waals surface area contributed by atoms with Gasteiger partial charge in [0.1, 0.15) is 11.5 Å². The zero-order valence-corrected chi connectivity index (χ0v) is 16.1. The van der Waals surface area contributed by atoms with Crippen molar-refractivity contribution in [3.8, 4) is 11.5 Å². The summed E-state index contributed by atoms with van der Waals surface area (Å²) >= 11 is 0. The molecule has 0 aliphatic heterocycles. The van der Waals surface area contributed by atoms with Crippen LogP contribution in [0.2, 0.25) is 0 Å². The van der Waals surface area contributed by atoms with E-state index >= 15 is 0 Å². The summed E-state index contributed by atoms with van der Waals surface area (Å²) in [7, 11) is 0. The maximum atomic E-state index is 12.7. The van der Waals surface area contributed by atoms with Crippen LogP contribution in [-0.4, -0.2) is 26.5 Å². The third-order valence-electron chi connectivity index (χ3n) is 4.61. The molecule has 0 saturated heterocycles. The van der Waals surface area contributed by atoms with Crippen LogP contribution in [0.3, 0.4) is 0 Å². The van der Waals surface area contributed by atoms with Gasteiger partial charge < -0.3 is 10.1 Å². The minimum atomic E-state index is -4.41. The first-order chi connectivity index (χ1) is 14.8. The summed E-state index contributed by atoms with van der Waals surface area (Å²) in [6, 6.07) is 14.4. The van der Waals surface area contributed by atoms with Crippen LogP contribution in [0.15, 0.2) is 60.7 Å². The van der Waals surface area contributed by atoms with E-state index in [0.29, 0.717) is 22.5 Å². The van der Waals surface area contributed by atoms with Crippen LogP contribution < -0.4 is 10.1 Å². The largest absolute Gasteiger partial charge is 0.457 e. The van der Waals surface area contributed by atoms with Gasteiger partial charge in [-0.1, -0.05) is 17.3 Å². The van der Waals surface area contributed by atoms with Gasteiger partial charge in [0.2, 0.25) is 0 Å². The number of benzene rings is 3. The van der Waals surface area contributed by atoms with Crippen molar-refractivity contribution in [2.45, 2.75) is 19.1 Å². The summed E-state index contributed by atoms with van der Waals surface area (Å²) in [6.07, 6.45) is -4.41. The van der Waals surface area contributed by atoms with Crippen molar-refractivity contribution in [2.24, 2.45) is 0 Å². The van der Waals surface area contributed by atoms with Crippen LogP contribution in [-0.2, 0) is 6.18 Å². The number of H-pyrrole nitrogens is 1. The number of hydrogen-bond donors (Lipinski definition) is 2. The van der Waals surface area contributed by atoms with Gasteiger partial charge in [-0.25, -0.2) is 0 Å². The standard InChI is InChI=1S/C21H16F3N5O2/c1-12(19-26-28-29-27-19)25-20(30)14-5-10-17-13(11-14)3-2-4-18(17)31-16-8-6-15(7-9-16)21(22,23)24/h2-12H,1H3,(H,25,30)(H,26,27,28,29). The van der Waals surface area contributed by atoms with Gasteiger partial charge in [-0.05, 0) is 60.8 Å². The Hall–Kier alpha value is -3.95. The number of hydrogen-bond acceptors (Lipinski definition) is 5. The number of nitrogens with zero attached hydrogens (tertiary/aromatic N) is 3. The molecule has 10 heteroatoms. The van der Waals surface area contributed by atoms with Gasteiger partial charge in [0.25, 0.3) is 5.91 Å². The highest BCUT2D eigenvalue weighted by molar-refractivity contribution is 6.00. The fourth-order valence-corrected chi connectivity index (χ4v) is 3.02. The highest BCUT2D eigenvalue weighted by Gasteiger charge is 2.30. The number of carbonyl (C=O) groups is 1. The Bertz CT molecular complexity index is 1210. The molecule has 3 aromatic carbocycles. The molecule has 1 unspecified atom stereocenters. The maximum Gasteiger partial charge on any atom is 0.416 e. The molecule has 4 aromatic rings. The molecule has 4 rings (SSSR count). The Balaban J connectivity index is 1.55. The van der Waals surface area contributed by atoms with Crippen LogP contribution in [0.4, 0.5) is 13.2 Å². The minimum Gasteiger partial charge on any atom is -0.457 e. The van der Waals surface area contributed by atoms with Crippen LogP contribution in [0.5, 0.6) is 11.5 Å². The molecule has 2 N–H and O–H groups in total. The number of halogens is 3. The van der Waals surface area contributed by atoms with Gasteiger partial charge in [0, 0.05) is 10.9 Å². The maximum absolute atomic E-state index is 12.7. The van der Waals surface area contributed by atoms with Crippen molar-refractivity contribution >= 4 is 16.7 Å². The number of nitrogens with one attached hydrogen (secondary N) is 2. The predicted molar refractivity (Wildman–Crippen MR) is 106 cm³/mol. The fraction of sp³-hybridized carbons (Fsp3) is 0.143. The number of alkyl halides is 3. The molecule has 7 nitrogen and oxygen atoms in total. The van der Waals surface area contributed by atoms with Crippen molar-refractivity contribution in [1.29, 1.82) is 0 Å². The summed E-state index contributed by atoms with van der Waals surface area (Å²) in [5, 5.41) is 17.7. The number of tetrazole rings is 1. The minimum absolute atomic E-state index is 0.274. The SMILES string of the molecule is CC(NC(=O)c1ccc2c(Oc3ccc(C(F)(F)F)cc3)cccc2c1)c1nn[nH]n1. The Morgan fingerprint density at radius 2 is 1.87 bits per heavy atom. The van der Waals surface area contributed by atoms with E-state index in [1.165, 1.54) is 12.1 Å². The topological polar surface area (TPSA) is 92.8 Å². The number of carbonyl (C=O) groups excluding carboxylic acids is 1. The van der Waals surface area contributed by atoms with Gasteiger partial charge in [0.15, 0.2) is 5.82 Å². The summed E-state index contributed by atoms with van der Waals surface area (Å²) in [6.45, 7) is 1.74. The van der Waals surface area contributed by atoms with Crippen molar-refractivity contribution in [1.82, 2.24) is 25.9 Å². The van der Waals surface area contributed by atoms with Gasteiger partial charge in [-0.3, -0.25) is 4.79 Å². The Labute approximate surface area is 174 Å². The van der Waals surface area contributed by atoms with E-state index in [4.69, 9.17) is 4.74 Å². The Morgan fingerprint density at radius 3 is 2.55 bits per heavy atom. The Morgan fingerprint density at radius 1 is 1.10 bits per heavy atom. The van der Waals surface area contributed by atoms with Crippen molar-refractivity contribution in [3.63, 3.8) is 0 Å². The molecule has 0 radical (unpaired) electrons. The quantitative estimate of drug-likeness (QED) is 0.484. The molecule has 1 heterocycles. The van der Waals surface area contributed by atoms with Gasteiger partial charge >= 0.3 is 6.18 Å². The molecular formula is C21H16F3N5O2. The first kappa shape index (κ1) is 20.3. The molecule has 0 bridgehead atoms. The lowest BCUT2D eigenvalue weighted by molar-refractivity contribution is -0.137. The monoisotopic (exact) mass is 427 g/mol. The molecule has 158 valence electrons. The lowest BCUT2D eigenvalue weighted by Crippen LogP contribution is -2.27. The molecule has 0 aliphatic carbocycles. The third-order valence-corrected chi connectivity index (χ3v) is 4.61. The van der Waals surface area contributed by atoms with Crippen LogP contribution in [0.1, 0.15) is 34.7 Å². The van der Waals surface area contributed by atoms with Crippen molar-refractivity contribution < 1.29 is 22.7 Å². The first-order valence-corrected chi connectivity index (χ1v) is 9.23. The summed E-state index contributed by atoms with van der Waals surface area (Å²) in [5.74, 6) is 0.787. The lowest BCUT2D eigenvalue weighted by atomic mass is 10.1. The highest BCUT2D eigenvalue weighted by atomic mass is 19.4. The average molecular weight is 427 g/mol. The molecule has 0 aliphatic rings. The van der Waals surface area contributed by atoms with E-state index in [0.717, 1.165) is 17.5 Å². The van der Waals surface area contributed by atoms with Crippen LogP contribution in [0.25, 0.3) is 10.8 Å². The van der Waals surface area contributed by atoms with Crippen molar-refractivity contribution in [2.75, 3.05) is 0 Å². The summed E-state index contributed by atoms with van der Waals surface area (Å²) in [4.78, 5) is 12.6. The second kappa shape index (κ2) is 8.05. The number of rotatable bonds is 5. The first-order valence-electron chi connectivity index (χ1n) is 9.23. The molecule has 1 amide bonds. The average Bonchev–Trinajstić information content (AvgIpc) is 3.28. The van der Waals surface area contributed by atoms with E-state index in [2.05, 4.69) is 25.9 Å². The smallest absolute Gasteiger partial charge is 0.416 e. The number of ether oxygens (including phenoxy) is 1. The van der Waals surface area contributed by atoms with Crippen molar-refractivity contribution in [3.05, 3.63) is 77.6 Å².